The first kappa shape index (κ1) is 12.1. The van der Waals surface area contributed by atoms with E-state index in [4.69, 9.17) is 4.74 Å². The van der Waals surface area contributed by atoms with E-state index in [2.05, 4.69) is 42.2 Å². The van der Waals surface area contributed by atoms with Gasteiger partial charge in [0, 0.05) is 0 Å². The molecule has 1 saturated heterocycles. The highest BCUT2D eigenvalue weighted by atomic mass is 16.5. The van der Waals surface area contributed by atoms with Crippen LogP contribution in [0.25, 0.3) is 0 Å². The average molecular weight is 230 g/mol. The molecule has 0 amide bonds. The lowest BCUT2D eigenvalue weighted by atomic mass is 9.76. The van der Waals surface area contributed by atoms with Crippen LogP contribution in [0.4, 0.5) is 0 Å². The lowest BCUT2D eigenvalue weighted by Crippen LogP contribution is -2.50. The Labute approximate surface area is 103 Å². The van der Waals surface area contributed by atoms with Gasteiger partial charge in [-0.2, -0.15) is 5.26 Å². The van der Waals surface area contributed by atoms with Gasteiger partial charge < -0.3 is 9.64 Å². The van der Waals surface area contributed by atoms with E-state index in [9.17, 15) is 5.26 Å². The third-order valence-electron chi connectivity index (χ3n) is 3.37. The largest absolute Gasteiger partial charge is 0.378 e. The Morgan fingerprint density at radius 1 is 1.29 bits per heavy atom. The van der Waals surface area contributed by atoms with Gasteiger partial charge in [-0.3, -0.25) is 0 Å². The van der Waals surface area contributed by atoms with E-state index in [1.807, 2.05) is 14.1 Å². The van der Waals surface area contributed by atoms with Gasteiger partial charge in [0.25, 0.3) is 0 Å². The molecule has 1 heterocycles. The molecule has 1 aliphatic heterocycles. The van der Waals surface area contributed by atoms with Crippen LogP contribution in [0.1, 0.15) is 17.2 Å². The highest BCUT2D eigenvalue weighted by molar-refractivity contribution is 5.29. The molecule has 1 aromatic rings. The van der Waals surface area contributed by atoms with E-state index < -0.39 is 5.41 Å². The summed E-state index contributed by atoms with van der Waals surface area (Å²) in [5, 5.41) is 9.42. The molecule has 1 aromatic carbocycles. The number of aryl methyl sites for hydroxylation is 1. The van der Waals surface area contributed by atoms with Crippen LogP contribution in [-0.2, 0) is 4.74 Å². The summed E-state index contributed by atoms with van der Waals surface area (Å²) in [6.45, 7) is 3.13. The van der Waals surface area contributed by atoms with Crippen LogP contribution in [0, 0.1) is 23.7 Å². The lowest BCUT2D eigenvalue weighted by molar-refractivity contribution is -0.115. The third kappa shape index (κ3) is 2.06. The predicted octanol–water partition coefficient (Wildman–Crippen LogP) is 2.14. The molecule has 0 spiro atoms. The van der Waals surface area contributed by atoms with E-state index in [1.165, 1.54) is 11.1 Å². The second-order valence-electron chi connectivity index (χ2n) is 5.04. The Morgan fingerprint density at radius 2 is 1.88 bits per heavy atom. The Kier molecular flexibility index (Phi) is 3.19. The number of rotatable bonds is 3. The van der Waals surface area contributed by atoms with Crippen molar-refractivity contribution in [3.63, 3.8) is 0 Å². The molecule has 0 aromatic heterocycles. The molecule has 2 rings (SSSR count). The summed E-state index contributed by atoms with van der Waals surface area (Å²) < 4.78 is 5.26. The third-order valence-corrected chi connectivity index (χ3v) is 3.37. The minimum Gasteiger partial charge on any atom is -0.378 e. The van der Waals surface area contributed by atoms with Gasteiger partial charge in [0.05, 0.1) is 25.3 Å². The summed E-state index contributed by atoms with van der Waals surface area (Å²) in [6, 6.07) is 10.9. The van der Waals surface area contributed by atoms with E-state index in [1.54, 1.807) is 0 Å². The van der Waals surface area contributed by atoms with Crippen LogP contribution in [0.2, 0.25) is 0 Å². The van der Waals surface area contributed by atoms with Crippen LogP contribution in [0.15, 0.2) is 24.3 Å². The SMILES string of the molecule is Cc1ccc(C(N(C)C)C2(C#N)COC2)cc1. The predicted molar refractivity (Wildman–Crippen MR) is 66.5 cm³/mol. The first-order chi connectivity index (χ1) is 8.09. The molecule has 1 atom stereocenters. The molecule has 1 fully saturated rings. The minimum absolute atomic E-state index is 0.0989. The maximum absolute atomic E-state index is 9.42. The van der Waals surface area contributed by atoms with Gasteiger partial charge in [0.15, 0.2) is 0 Å². The Morgan fingerprint density at radius 3 is 2.24 bits per heavy atom. The number of benzene rings is 1. The van der Waals surface area contributed by atoms with E-state index in [0.717, 1.165) is 0 Å². The molecule has 0 aliphatic carbocycles. The fourth-order valence-electron chi connectivity index (χ4n) is 2.47. The Hall–Kier alpha value is -1.37. The monoisotopic (exact) mass is 230 g/mol. The van der Waals surface area contributed by atoms with Crippen molar-refractivity contribution in [2.75, 3.05) is 27.3 Å². The topological polar surface area (TPSA) is 36.3 Å². The normalized spacial score (nSPS) is 19.5. The fraction of sp³-hybridized carbons (Fsp3) is 0.500. The molecule has 0 radical (unpaired) electrons. The minimum atomic E-state index is -0.390. The van der Waals surface area contributed by atoms with Crippen molar-refractivity contribution in [2.45, 2.75) is 13.0 Å². The first-order valence-electron chi connectivity index (χ1n) is 5.81. The van der Waals surface area contributed by atoms with Crippen molar-refractivity contribution in [1.82, 2.24) is 4.90 Å². The summed E-state index contributed by atoms with van der Waals surface area (Å²) in [6.07, 6.45) is 0. The van der Waals surface area contributed by atoms with Crippen molar-refractivity contribution in [1.29, 1.82) is 5.26 Å². The van der Waals surface area contributed by atoms with Crippen molar-refractivity contribution < 1.29 is 4.74 Å². The van der Waals surface area contributed by atoms with Gasteiger partial charge in [0.1, 0.15) is 5.41 Å². The van der Waals surface area contributed by atoms with Crippen molar-refractivity contribution in [2.24, 2.45) is 5.41 Å². The van der Waals surface area contributed by atoms with Crippen molar-refractivity contribution >= 4 is 0 Å². The zero-order valence-electron chi connectivity index (χ0n) is 10.6. The maximum atomic E-state index is 9.42. The molecular formula is C14H18N2O. The second-order valence-corrected chi connectivity index (χ2v) is 5.04. The number of hydrogen-bond acceptors (Lipinski definition) is 3. The highest BCUT2D eigenvalue weighted by Crippen LogP contribution is 2.42. The molecule has 0 saturated carbocycles. The van der Waals surface area contributed by atoms with Gasteiger partial charge in [-0.25, -0.2) is 0 Å². The molecule has 3 heteroatoms. The van der Waals surface area contributed by atoms with Crippen molar-refractivity contribution in [3.8, 4) is 6.07 Å². The van der Waals surface area contributed by atoms with Crippen molar-refractivity contribution in [3.05, 3.63) is 35.4 Å². The molecular weight excluding hydrogens is 212 g/mol. The van der Waals surface area contributed by atoms with Gasteiger partial charge in [-0.1, -0.05) is 29.8 Å². The number of nitrogens with zero attached hydrogens (tertiary/aromatic N) is 2. The fourth-order valence-corrected chi connectivity index (χ4v) is 2.47. The zero-order valence-corrected chi connectivity index (χ0v) is 10.6. The molecule has 1 unspecified atom stereocenters. The van der Waals surface area contributed by atoms with Gasteiger partial charge in [0.2, 0.25) is 0 Å². The van der Waals surface area contributed by atoms with Gasteiger partial charge in [-0.05, 0) is 26.6 Å². The molecule has 3 nitrogen and oxygen atoms in total. The van der Waals surface area contributed by atoms with Crippen LogP contribution < -0.4 is 0 Å². The smallest absolute Gasteiger partial charge is 0.123 e. The quantitative estimate of drug-likeness (QED) is 0.798. The zero-order chi connectivity index (χ0) is 12.5. The summed E-state index contributed by atoms with van der Waals surface area (Å²) in [4.78, 5) is 2.11. The summed E-state index contributed by atoms with van der Waals surface area (Å²) >= 11 is 0. The Bertz CT molecular complexity index is 427. The Balaban J connectivity index is 2.36. The van der Waals surface area contributed by atoms with Crippen LogP contribution in [0.5, 0.6) is 0 Å². The average Bonchev–Trinajstić information content (AvgIpc) is 2.24. The summed E-state index contributed by atoms with van der Waals surface area (Å²) in [5.74, 6) is 0. The van der Waals surface area contributed by atoms with Gasteiger partial charge >= 0.3 is 0 Å². The van der Waals surface area contributed by atoms with E-state index in [0.29, 0.717) is 13.2 Å². The van der Waals surface area contributed by atoms with E-state index in [-0.39, 0.29) is 6.04 Å². The van der Waals surface area contributed by atoms with E-state index >= 15 is 0 Å². The molecule has 0 N–H and O–H groups in total. The van der Waals surface area contributed by atoms with Gasteiger partial charge in [-0.15, -0.1) is 0 Å². The van der Waals surface area contributed by atoms with Crippen LogP contribution in [-0.4, -0.2) is 32.2 Å². The highest BCUT2D eigenvalue weighted by Gasteiger charge is 2.48. The summed E-state index contributed by atoms with van der Waals surface area (Å²) in [7, 11) is 4.03. The van der Waals surface area contributed by atoms with Crippen LogP contribution in [0.3, 0.4) is 0 Å². The lowest BCUT2D eigenvalue weighted by Gasteiger charge is -2.44. The summed E-state index contributed by atoms with van der Waals surface area (Å²) in [5.41, 5.74) is 2.03. The maximum Gasteiger partial charge on any atom is 0.123 e. The number of nitriles is 1. The number of ether oxygens (including phenoxy) is 1. The molecule has 90 valence electrons. The number of hydrogen-bond donors (Lipinski definition) is 0. The first-order valence-corrected chi connectivity index (χ1v) is 5.81. The molecule has 0 bridgehead atoms. The molecule has 1 aliphatic rings. The molecule has 17 heavy (non-hydrogen) atoms. The second kappa shape index (κ2) is 4.48. The van der Waals surface area contributed by atoms with Crippen LogP contribution >= 0.6 is 0 Å². The standard InChI is InChI=1S/C14H18N2O/c1-11-4-6-12(7-5-11)13(16(2)3)14(8-15)9-17-10-14/h4-7,13H,9-10H2,1-3H3.